The maximum Gasteiger partial charge on any atom is 0.231 e. The number of carbonyl (C=O) groups is 1. The highest BCUT2D eigenvalue weighted by Gasteiger charge is 2.15. The minimum atomic E-state index is 0.0228. The van der Waals surface area contributed by atoms with Gasteiger partial charge >= 0.3 is 0 Å². The number of pyridine rings is 1. The van der Waals surface area contributed by atoms with Crippen LogP contribution in [0.5, 0.6) is 17.4 Å². The van der Waals surface area contributed by atoms with Crippen molar-refractivity contribution >= 4 is 11.6 Å². The molecule has 0 N–H and O–H groups in total. The first-order valence-corrected chi connectivity index (χ1v) is 7.32. The quantitative estimate of drug-likeness (QED) is 0.848. The van der Waals surface area contributed by atoms with E-state index in [1.165, 1.54) is 0 Å². The third-order valence-corrected chi connectivity index (χ3v) is 3.76. The monoisotopic (exact) mass is 314 g/mol. The molecule has 1 aromatic heterocycles. The Morgan fingerprint density at radius 3 is 2.83 bits per heavy atom. The van der Waals surface area contributed by atoms with Crippen LogP contribution in [0.3, 0.4) is 0 Å². The fourth-order valence-electron chi connectivity index (χ4n) is 2.35. The van der Waals surface area contributed by atoms with Crippen molar-refractivity contribution in [3.05, 3.63) is 42.1 Å². The van der Waals surface area contributed by atoms with Crippen LogP contribution in [0.4, 0.5) is 5.69 Å². The second-order valence-corrected chi connectivity index (χ2v) is 5.20. The van der Waals surface area contributed by atoms with Gasteiger partial charge in [-0.25, -0.2) is 4.98 Å². The van der Waals surface area contributed by atoms with Crippen LogP contribution in [0.15, 0.2) is 36.5 Å². The molecule has 1 aliphatic rings. The Kier molecular flexibility index (Phi) is 4.32. The van der Waals surface area contributed by atoms with E-state index in [1.54, 1.807) is 31.3 Å². The smallest absolute Gasteiger partial charge is 0.231 e. The van der Waals surface area contributed by atoms with Crippen LogP contribution < -0.4 is 19.1 Å². The van der Waals surface area contributed by atoms with Gasteiger partial charge in [-0.2, -0.15) is 0 Å². The second-order valence-electron chi connectivity index (χ2n) is 5.20. The number of aromatic nitrogens is 1. The summed E-state index contributed by atoms with van der Waals surface area (Å²) in [6.45, 7) is 0.255. The molecule has 2 heterocycles. The van der Waals surface area contributed by atoms with E-state index in [-0.39, 0.29) is 12.7 Å². The molecule has 0 atom stereocenters. The standard InChI is InChI=1S/C17H18N2O4/c1-19(13-5-7-16(21-2)18-10-13)17(20)8-4-12-3-6-14-15(9-12)23-11-22-14/h3,5-7,9-10H,4,8,11H2,1-2H3. The first kappa shape index (κ1) is 15.1. The summed E-state index contributed by atoms with van der Waals surface area (Å²) in [5.41, 5.74) is 1.78. The summed E-state index contributed by atoms with van der Waals surface area (Å²) in [6, 6.07) is 9.29. The second kappa shape index (κ2) is 6.56. The first-order chi connectivity index (χ1) is 11.2. The lowest BCUT2D eigenvalue weighted by molar-refractivity contribution is -0.118. The molecule has 1 amide bonds. The first-order valence-electron chi connectivity index (χ1n) is 7.32. The lowest BCUT2D eigenvalue weighted by Gasteiger charge is -2.17. The molecule has 0 bridgehead atoms. The maximum absolute atomic E-state index is 12.3. The normalized spacial score (nSPS) is 12.1. The van der Waals surface area contributed by atoms with Crippen molar-refractivity contribution in [2.24, 2.45) is 0 Å². The third-order valence-electron chi connectivity index (χ3n) is 3.76. The molecular formula is C17H18N2O4. The number of benzene rings is 1. The predicted octanol–water partition coefficient (Wildman–Crippen LogP) is 2.41. The Balaban J connectivity index is 1.59. The Morgan fingerprint density at radius 1 is 1.26 bits per heavy atom. The lowest BCUT2D eigenvalue weighted by Crippen LogP contribution is -2.26. The summed E-state index contributed by atoms with van der Waals surface area (Å²) in [5, 5.41) is 0. The summed E-state index contributed by atoms with van der Waals surface area (Å²) < 4.78 is 15.6. The molecule has 0 spiro atoms. The van der Waals surface area contributed by atoms with Crippen molar-refractivity contribution < 1.29 is 19.0 Å². The molecular weight excluding hydrogens is 296 g/mol. The van der Waals surface area contributed by atoms with Gasteiger partial charge in [0.25, 0.3) is 0 Å². The van der Waals surface area contributed by atoms with Crippen LogP contribution in [0.25, 0.3) is 0 Å². The molecule has 1 aromatic carbocycles. The average Bonchev–Trinajstić information content (AvgIpc) is 3.06. The Hall–Kier alpha value is -2.76. The SMILES string of the molecule is COc1ccc(N(C)C(=O)CCc2ccc3c(c2)OCO3)cn1. The van der Waals surface area contributed by atoms with Crippen molar-refractivity contribution in [2.75, 3.05) is 25.9 Å². The molecule has 3 rings (SSSR count). The van der Waals surface area contributed by atoms with Gasteiger partial charge in [0.2, 0.25) is 18.6 Å². The van der Waals surface area contributed by atoms with E-state index in [9.17, 15) is 4.79 Å². The molecule has 0 unspecified atom stereocenters. The van der Waals surface area contributed by atoms with Crippen LogP contribution in [0.2, 0.25) is 0 Å². The van der Waals surface area contributed by atoms with Gasteiger partial charge in [0.1, 0.15) is 0 Å². The number of fused-ring (bicyclic) bond motifs is 1. The number of hydrogen-bond donors (Lipinski definition) is 0. The molecule has 0 aliphatic carbocycles. The molecule has 2 aromatic rings. The zero-order chi connectivity index (χ0) is 16.2. The van der Waals surface area contributed by atoms with Gasteiger partial charge in [0.05, 0.1) is 19.0 Å². The van der Waals surface area contributed by atoms with E-state index in [4.69, 9.17) is 14.2 Å². The van der Waals surface area contributed by atoms with Gasteiger partial charge in [-0.05, 0) is 30.2 Å². The molecule has 0 radical (unpaired) electrons. The van der Waals surface area contributed by atoms with Crippen LogP contribution >= 0.6 is 0 Å². The number of aryl methyl sites for hydroxylation is 1. The minimum absolute atomic E-state index is 0.0228. The minimum Gasteiger partial charge on any atom is -0.481 e. The Bertz CT molecular complexity index is 700. The van der Waals surface area contributed by atoms with E-state index < -0.39 is 0 Å². The summed E-state index contributed by atoms with van der Waals surface area (Å²) in [4.78, 5) is 18.0. The van der Waals surface area contributed by atoms with Crippen molar-refractivity contribution in [1.29, 1.82) is 0 Å². The summed E-state index contributed by atoms with van der Waals surface area (Å²) in [5.74, 6) is 2.04. The van der Waals surface area contributed by atoms with E-state index in [0.29, 0.717) is 18.7 Å². The van der Waals surface area contributed by atoms with Crippen LogP contribution in [0.1, 0.15) is 12.0 Å². The fraction of sp³-hybridized carbons (Fsp3) is 0.294. The van der Waals surface area contributed by atoms with Crippen LogP contribution in [0, 0.1) is 0 Å². The summed E-state index contributed by atoms with van der Waals surface area (Å²) in [6.07, 6.45) is 2.67. The largest absolute Gasteiger partial charge is 0.481 e. The number of anilines is 1. The highest BCUT2D eigenvalue weighted by molar-refractivity contribution is 5.92. The van der Waals surface area contributed by atoms with Crippen LogP contribution in [-0.4, -0.2) is 31.8 Å². The highest BCUT2D eigenvalue weighted by atomic mass is 16.7. The number of nitrogens with zero attached hydrogens (tertiary/aromatic N) is 2. The van der Waals surface area contributed by atoms with E-state index in [2.05, 4.69) is 4.98 Å². The summed E-state index contributed by atoms with van der Waals surface area (Å²) in [7, 11) is 3.30. The topological polar surface area (TPSA) is 60.9 Å². The van der Waals surface area contributed by atoms with Gasteiger partial charge < -0.3 is 19.1 Å². The molecule has 6 heteroatoms. The van der Waals surface area contributed by atoms with E-state index >= 15 is 0 Å². The Morgan fingerprint density at radius 2 is 2.09 bits per heavy atom. The van der Waals surface area contributed by atoms with Gasteiger partial charge in [-0.1, -0.05) is 6.07 Å². The van der Waals surface area contributed by atoms with Crippen molar-refractivity contribution in [2.45, 2.75) is 12.8 Å². The molecule has 23 heavy (non-hydrogen) atoms. The lowest BCUT2D eigenvalue weighted by atomic mass is 10.1. The molecule has 6 nitrogen and oxygen atoms in total. The van der Waals surface area contributed by atoms with Crippen LogP contribution in [-0.2, 0) is 11.2 Å². The predicted molar refractivity (Wildman–Crippen MR) is 85.1 cm³/mol. The number of hydrogen-bond acceptors (Lipinski definition) is 5. The zero-order valence-electron chi connectivity index (χ0n) is 13.1. The van der Waals surface area contributed by atoms with Crippen molar-refractivity contribution in [1.82, 2.24) is 4.98 Å². The van der Waals surface area contributed by atoms with Gasteiger partial charge in [0.15, 0.2) is 11.5 Å². The van der Waals surface area contributed by atoms with E-state index in [1.807, 2.05) is 24.3 Å². The fourth-order valence-corrected chi connectivity index (χ4v) is 2.35. The van der Waals surface area contributed by atoms with Gasteiger partial charge in [-0.15, -0.1) is 0 Å². The zero-order valence-corrected chi connectivity index (χ0v) is 13.1. The summed E-state index contributed by atoms with van der Waals surface area (Å²) >= 11 is 0. The number of rotatable bonds is 5. The molecule has 0 saturated carbocycles. The molecule has 1 aliphatic heterocycles. The van der Waals surface area contributed by atoms with E-state index in [0.717, 1.165) is 22.7 Å². The average molecular weight is 314 g/mol. The van der Waals surface area contributed by atoms with Crippen molar-refractivity contribution in [3.8, 4) is 17.4 Å². The maximum atomic E-state index is 12.3. The molecule has 0 saturated heterocycles. The Labute approximate surface area is 134 Å². The molecule has 120 valence electrons. The van der Waals surface area contributed by atoms with Gasteiger partial charge in [-0.3, -0.25) is 4.79 Å². The van der Waals surface area contributed by atoms with Crippen molar-refractivity contribution in [3.63, 3.8) is 0 Å². The third kappa shape index (κ3) is 3.36. The number of amides is 1. The van der Waals surface area contributed by atoms with Gasteiger partial charge in [0, 0.05) is 19.5 Å². The molecule has 0 fully saturated rings. The number of ether oxygens (including phenoxy) is 3. The highest BCUT2D eigenvalue weighted by Crippen LogP contribution is 2.32. The number of carbonyl (C=O) groups excluding carboxylic acids is 1. The number of methoxy groups -OCH3 is 1.